The Kier molecular flexibility index (Phi) is 4.50. The van der Waals surface area contributed by atoms with Gasteiger partial charge in [0, 0.05) is 38.7 Å². The van der Waals surface area contributed by atoms with Crippen LogP contribution in [0, 0.1) is 0 Å². The van der Waals surface area contributed by atoms with Gasteiger partial charge in [-0.25, -0.2) is 0 Å². The Morgan fingerprint density at radius 1 is 1.08 bits per heavy atom. The summed E-state index contributed by atoms with van der Waals surface area (Å²) in [6, 6.07) is 7.55. The van der Waals surface area contributed by atoms with Crippen molar-refractivity contribution in [3.05, 3.63) is 35.4 Å². The highest BCUT2D eigenvalue weighted by atomic mass is 16.5. The van der Waals surface area contributed by atoms with E-state index in [1.54, 1.807) is 12.0 Å². The molecule has 2 saturated heterocycles. The number of amides is 2. The Morgan fingerprint density at radius 3 is 2.36 bits per heavy atom. The molecule has 3 aliphatic rings. The first kappa shape index (κ1) is 16.6. The standard InChI is InChI=1S/C20H26N2O3/c1-25-17-12-18(20(24)21-10-2-3-11-21)22(13-17)19(23)16-8-6-15(7-9-16)14-4-5-14/h6-9,14,17-18H,2-5,10-13H2,1H3/t17-,18-/m0/s1. The van der Waals surface area contributed by atoms with Gasteiger partial charge in [-0.2, -0.15) is 0 Å². The van der Waals surface area contributed by atoms with Gasteiger partial charge < -0.3 is 14.5 Å². The SMILES string of the molecule is CO[C@H]1C[C@@H](C(=O)N2CCCC2)N(C(=O)c2ccc(C3CC3)cc2)C1. The van der Waals surface area contributed by atoms with E-state index in [-0.39, 0.29) is 17.9 Å². The summed E-state index contributed by atoms with van der Waals surface area (Å²) in [6.07, 6.45) is 5.15. The third kappa shape index (κ3) is 3.30. The number of ether oxygens (including phenoxy) is 1. The Balaban J connectivity index is 1.52. The molecule has 0 aromatic heterocycles. The molecule has 0 radical (unpaired) electrons. The average molecular weight is 342 g/mol. The normalized spacial score (nSPS) is 26.3. The molecule has 2 atom stereocenters. The number of carbonyl (C=O) groups excluding carboxylic acids is 2. The lowest BCUT2D eigenvalue weighted by Crippen LogP contribution is -2.47. The van der Waals surface area contributed by atoms with E-state index in [2.05, 4.69) is 12.1 Å². The van der Waals surface area contributed by atoms with E-state index in [4.69, 9.17) is 4.74 Å². The van der Waals surface area contributed by atoms with Crippen LogP contribution < -0.4 is 0 Å². The molecule has 0 N–H and O–H groups in total. The lowest BCUT2D eigenvalue weighted by molar-refractivity contribution is -0.134. The smallest absolute Gasteiger partial charge is 0.254 e. The highest BCUT2D eigenvalue weighted by Crippen LogP contribution is 2.40. The number of carbonyl (C=O) groups is 2. The second-order valence-corrected chi connectivity index (χ2v) is 7.50. The van der Waals surface area contributed by atoms with Crippen LogP contribution >= 0.6 is 0 Å². The molecule has 25 heavy (non-hydrogen) atoms. The molecule has 2 amide bonds. The summed E-state index contributed by atoms with van der Waals surface area (Å²) in [6.45, 7) is 2.11. The third-order valence-corrected chi connectivity index (χ3v) is 5.77. The van der Waals surface area contributed by atoms with Crippen molar-refractivity contribution in [1.82, 2.24) is 9.80 Å². The summed E-state index contributed by atoms with van der Waals surface area (Å²) in [5.41, 5.74) is 1.98. The Morgan fingerprint density at radius 2 is 1.76 bits per heavy atom. The summed E-state index contributed by atoms with van der Waals surface area (Å²) < 4.78 is 5.46. The van der Waals surface area contributed by atoms with Crippen molar-refractivity contribution in [2.24, 2.45) is 0 Å². The fourth-order valence-corrected chi connectivity index (χ4v) is 4.06. The molecule has 2 heterocycles. The molecule has 4 rings (SSSR count). The summed E-state index contributed by atoms with van der Waals surface area (Å²) in [5, 5.41) is 0. The van der Waals surface area contributed by atoms with Crippen LogP contribution in [-0.4, -0.2) is 60.5 Å². The van der Waals surface area contributed by atoms with Crippen LogP contribution in [0.1, 0.15) is 53.9 Å². The molecular weight excluding hydrogens is 316 g/mol. The zero-order chi connectivity index (χ0) is 17.4. The topological polar surface area (TPSA) is 49.9 Å². The van der Waals surface area contributed by atoms with Crippen molar-refractivity contribution >= 4 is 11.8 Å². The first-order valence-electron chi connectivity index (χ1n) is 9.40. The quantitative estimate of drug-likeness (QED) is 0.844. The number of methoxy groups -OCH3 is 1. The maximum atomic E-state index is 13.0. The van der Waals surface area contributed by atoms with Gasteiger partial charge >= 0.3 is 0 Å². The molecule has 1 saturated carbocycles. The van der Waals surface area contributed by atoms with Crippen molar-refractivity contribution in [3.63, 3.8) is 0 Å². The van der Waals surface area contributed by atoms with E-state index in [1.165, 1.54) is 18.4 Å². The predicted molar refractivity (Wildman–Crippen MR) is 94.5 cm³/mol. The highest BCUT2D eigenvalue weighted by molar-refractivity contribution is 5.98. The van der Waals surface area contributed by atoms with E-state index < -0.39 is 6.04 Å². The molecular formula is C20H26N2O3. The molecule has 2 aliphatic heterocycles. The number of benzene rings is 1. The third-order valence-electron chi connectivity index (χ3n) is 5.77. The minimum atomic E-state index is -0.390. The average Bonchev–Trinajstić information content (AvgIpc) is 3.18. The van der Waals surface area contributed by atoms with Gasteiger partial charge in [-0.1, -0.05) is 12.1 Å². The largest absolute Gasteiger partial charge is 0.380 e. The summed E-state index contributed by atoms with van der Waals surface area (Å²) in [5.74, 6) is 0.706. The molecule has 0 spiro atoms. The molecule has 5 nitrogen and oxygen atoms in total. The van der Waals surface area contributed by atoms with E-state index in [1.807, 2.05) is 17.0 Å². The minimum absolute atomic E-state index is 0.0561. The fourth-order valence-electron chi connectivity index (χ4n) is 4.06. The van der Waals surface area contributed by atoms with Crippen LogP contribution in [0.5, 0.6) is 0 Å². The van der Waals surface area contributed by atoms with Gasteiger partial charge in [0.2, 0.25) is 5.91 Å². The van der Waals surface area contributed by atoms with Gasteiger partial charge in [-0.3, -0.25) is 9.59 Å². The van der Waals surface area contributed by atoms with Crippen LogP contribution in [0.15, 0.2) is 24.3 Å². The van der Waals surface area contributed by atoms with Gasteiger partial charge in [-0.05, 0) is 49.3 Å². The lowest BCUT2D eigenvalue weighted by Gasteiger charge is -2.27. The molecule has 5 heteroatoms. The Labute approximate surface area is 148 Å². The fraction of sp³-hybridized carbons (Fsp3) is 0.600. The second kappa shape index (κ2) is 6.79. The van der Waals surface area contributed by atoms with Crippen LogP contribution in [0.25, 0.3) is 0 Å². The van der Waals surface area contributed by atoms with Gasteiger partial charge in [0.15, 0.2) is 0 Å². The minimum Gasteiger partial charge on any atom is -0.380 e. The molecule has 0 unspecified atom stereocenters. The van der Waals surface area contributed by atoms with E-state index in [9.17, 15) is 9.59 Å². The molecule has 1 aromatic carbocycles. The van der Waals surface area contributed by atoms with Crippen molar-refractivity contribution in [2.75, 3.05) is 26.7 Å². The van der Waals surface area contributed by atoms with E-state index in [0.29, 0.717) is 24.4 Å². The first-order valence-corrected chi connectivity index (χ1v) is 9.40. The second-order valence-electron chi connectivity index (χ2n) is 7.50. The molecule has 1 aromatic rings. The molecule has 1 aliphatic carbocycles. The number of nitrogens with zero attached hydrogens (tertiary/aromatic N) is 2. The number of rotatable bonds is 4. The van der Waals surface area contributed by atoms with E-state index >= 15 is 0 Å². The number of hydrogen-bond acceptors (Lipinski definition) is 3. The summed E-state index contributed by atoms with van der Waals surface area (Å²) in [7, 11) is 1.65. The molecule has 3 fully saturated rings. The van der Waals surface area contributed by atoms with Gasteiger partial charge in [0.25, 0.3) is 5.91 Å². The zero-order valence-electron chi connectivity index (χ0n) is 14.8. The van der Waals surface area contributed by atoms with Gasteiger partial charge in [-0.15, -0.1) is 0 Å². The van der Waals surface area contributed by atoms with Crippen LogP contribution in [0.3, 0.4) is 0 Å². The molecule has 134 valence electrons. The van der Waals surface area contributed by atoms with Crippen LogP contribution in [0.2, 0.25) is 0 Å². The number of hydrogen-bond donors (Lipinski definition) is 0. The Bertz CT molecular complexity index is 647. The van der Waals surface area contributed by atoms with Crippen LogP contribution in [0.4, 0.5) is 0 Å². The predicted octanol–water partition coefficient (Wildman–Crippen LogP) is 2.42. The molecule has 0 bridgehead atoms. The highest BCUT2D eigenvalue weighted by Gasteiger charge is 2.42. The monoisotopic (exact) mass is 342 g/mol. The van der Waals surface area contributed by atoms with Crippen molar-refractivity contribution in [1.29, 1.82) is 0 Å². The van der Waals surface area contributed by atoms with E-state index in [0.717, 1.165) is 25.9 Å². The lowest BCUT2D eigenvalue weighted by atomic mass is 10.1. The van der Waals surface area contributed by atoms with Gasteiger partial charge in [0.1, 0.15) is 6.04 Å². The Hall–Kier alpha value is -1.88. The van der Waals surface area contributed by atoms with Gasteiger partial charge in [0.05, 0.1) is 6.10 Å². The summed E-state index contributed by atoms with van der Waals surface area (Å²) >= 11 is 0. The van der Waals surface area contributed by atoms with Crippen LogP contribution in [-0.2, 0) is 9.53 Å². The first-order chi connectivity index (χ1) is 12.2. The van der Waals surface area contributed by atoms with Crippen molar-refractivity contribution in [2.45, 2.75) is 50.2 Å². The zero-order valence-corrected chi connectivity index (χ0v) is 14.8. The summed E-state index contributed by atoms with van der Waals surface area (Å²) in [4.78, 5) is 29.5. The maximum Gasteiger partial charge on any atom is 0.254 e. The maximum absolute atomic E-state index is 13.0. The number of likely N-dealkylation sites (tertiary alicyclic amines) is 2. The van der Waals surface area contributed by atoms with Crippen molar-refractivity contribution in [3.8, 4) is 0 Å². The van der Waals surface area contributed by atoms with Crippen molar-refractivity contribution < 1.29 is 14.3 Å².